The molecule has 0 N–H and O–H groups in total. The molecule has 0 aromatic rings. The predicted molar refractivity (Wildman–Crippen MR) is 98.7 cm³/mol. The van der Waals surface area contributed by atoms with E-state index in [1.165, 1.54) is 0 Å². The van der Waals surface area contributed by atoms with Gasteiger partial charge in [0.05, 0.1) is 0 Å². The molecule has 0 saturated carbocycles. The van der Waals surface area contributed by atoms with Gasteiger partial charge in [-0.25, -0.2) is 0 Å². The molecule has 0 spiro atoms. The van der Waals surface area contributed by atoms with Gasteiger partial charge in [0.2, 0.25) is 0 Å². The van der Waals surface area contributed by atoms with E-state index >= 15 is 0 Å². The van der Waals surface area contributed by atoms with Crippen LogP contribution in [0, 0.1) is 0 Å². The van der Waals surface area contributed by atoms with Crippen molar-refractivity contribution in [1.82, 2.24) is 0 Å². The average molecular weight is 440 g/mol. The van der Waals surface area contributed by atoms with Gasteiger partial charge in [-0.2, -0.15) is 0 Å². The summed E-state index contributed by atoms with van der Waals surface area (Å²) in [5.74, 6) is 23.7. The molecule has 0 bridgehead atoms. The normalized spacial score (nSPS) is 15.0. The van der Waals surface area contributed by atoms with Gasteiger partial charge in [0, 0.05) is 0 Å². The van der Waals surface area contributed by atoms with E-state index in [0.29, 0.717) is 0 Å². The van der Waals surface area contributed by atoms with Crippen LogP contribution in [0.3, 0.4) is 0 Å². The van der Waals surface area contributed by atoms with Gasteiger partial charge in [-0.1, -0.05) is 0 Å². The van der Waals surface area contributed by atoms with Gasteiger partial charge in [-0.05, 0) is 0 Å². The van der Waals surface area contributed by atoms with E-state index in [-0.39, 0.29) is 0 Å². The molecular weight excluding hydrogens is 405 g/mol. The van der Waals surface area contributed by atoms with Crippen molar-refractivity contribution >= 4 is 49.6 Å². The van der Waals surface area contributed by atoms with Gasteiger partial charge < -0.3 is 0 Å². The predicted octanol–water partition coefficient (Wildman–Crippen LogP) is 5.07. The van der Waals surface area contributed by atoms with Crippen molar-refractivity contribution in [2.75, 3.05) is 18.3 Å². The summed E-state index contributed by atoms with van der Waals surface area (Å²) < 4.78 is 2.22. The Bertz CT molecular complexity index is 302. The van der Waals surface area contributed by atoms with E-state index in [1.54, 1.807) is 4.99 Å². The molecule has 0 rings (SSSR count). The molecule has 0 nitrogen and oxygen atoms in total. The van der Waals surface area contributed by atoms with Crippen LogP contribution in [0.15, 0.2) is 0 Å². The molecular formula is C13H35Ge3P. The third-order valence-electron chi connectivity index (χ3n) is 2.90. The summed E-state index contributed by atoms with van der Waals surface area (Å²) in [6.07, 6.45) is 0. The molecule has 0 amide bonds. The molecule has 0 fully saturated rings. The van der Waals surface area contributed by atoms with E-state index in [9.17, 15) is 0 Å². The molecule has 17 heavy (non-hydrogen) atoms. The second-order valence-electron chi connectivity index (χ2n) is 9.25. The van der Waals surface area contributed by atoms with E-state index in [2.05, 4.69) is 68.1 Å². The maximum atomic E-state index is 2.67. The van der Waals surface area contributed by atoms with Crippen LogP contribution < -0.4 is 0 Å². The zero-order valence-electron chi connectivity index (χ0n) is 14.2. The van der Waals surface area contributed by atoms with Gasteiger partial charge in [-0.15, -0.1) is 0 Å². The molecule has 0 saturated heterocycles. The van der Waals surface area contributed by atoms with Gasteiger partial charge in [0.15, 0.2) is 0 Å². The molecule has 0 atom stereocenters. The summed E-state index contributed by atoms with van der Waals surface area (Å²) in [4.78, 5) is 1.63. The Labute approximate surface area is 119 Å². The quantitative estimate of drug-likeness (QED) is 0.423. The molecule has 0 radical (unpaired) electrons. The monoisotopic (exact) mass is 444 g/mol. The zero-order valence-corrected chi connectivity index (χ0v) is 21.3. The van der Waals surface area contributed by atoms with Crippen molar-refractivity contribution in [2.45, 2.75) is 51.8 Å². The van der Waals surface area contributed by atoms with Crippen molar-refractivity contribution < 1.29 is 0 Å². The Balaban J connectivity index is 5.87. The molecule has 104 valence electrons. The van der Waals surface area contributed by atoms with Crippen LogP contribution in [0.4, 0.5) is 0 Å². The van der Waals surface area contributed by atoms with Crippen LogP contribution in [0.5, 0.6) is 0 Å². The Morgan fingerprint density at radius 1 is 0.706 bits per heavy atom. The number of rotatable bonds is 4. The van der Waals surface area contributed by atoms with Gasteiger partial charge in [-0.3, -0.25) is 0 Å². The van der Waals surface area contributed by atoms with E-state index in [4.69, 9.17) is 0 Å². The SMILES string of the molecule is CP(C)([CH2][Ge]([CH3])([CH3])[CH3])=[C]([Ge]([CH3])([CH3])[CH3])[Ge]([CH3])([CH3])[CH3]. The molecule has 0 unspecified atom stereocenters. The third-order valence-corrected chi connectivity index (χ3v) is 53.7. The first kappa shape index (κ1) is 18.9. The summed E-state index contributed by atoms with van der Waals surface area (Å²) in [7, 11) is 0. The van der Waals surface area contributed by atoms with Crippen molar-refractivity contribution in [3.63, 3.8) is 0 Å². The first-order valence-corrected chi connectivity index (χ1v) is 32.1. The summed E-state index contributed by atoms with van der Waals surface area (Å²) in [5.41, 5.74) is 0. The van der Waals surface area contributed by atoms with Crippen molar-refractivity contribution in [3.05, 3.63) is 0 Å². The van der Waals surface area contributed by atoms with Crippen LogP contribution in [-0.2, 0) is 0 Å². The molecule has 0 aliphatic rings. The fourth-order valence-corrected chi connectivity index (χ4v) is 83.6. The van der Waals surface area contributed by atoms with Crippen LogP contribution in [0.2, 0.25) is 51.8 Å². The summed E-state index contributed by atoms with van der Waals surface area (Å²) in [6, 6.07) is 0. The number of hydrogen-bond donors (Lipinski definition) is 0. The van der Waals surface area contributed by atoms with Crippen molar-refractivity contribution in [2.24, 2.45) is 0 Å². The second kappa shape index (κ2) is 5.74. The minimum atomic E-state index is -1.61. The summed E-state index contributed by atoms with van der Waals surface area (Å²) in [5, 5.41) is 0. The van der Waals surface area contributed by atoms with Crippen LogP contribution in [0.1, 0.15) is 0 Å². The van der Waals surface area contributed by atoms with Crippen LogP contribution >= 0.6 is 6.89 Å². The second-order valence-corrected chi connectivity index (χ2v) is 51.1. The molecule has 0 aromatic heterocycles. The van der Waals surface area contributed by atoms with Crippen LogP contribution in [-0.4, -0.2) is 61.1 Å². The Kier molecular flexibility index (Phi) is 6.39. The molecule has 0 heterocycles. The summed E-state index contributed by atoms with van der Waals surface area (Å²) in [6.45, 7) is 4.59. The first-order valence-electron chi connectivity index (χ1n) is 6.79. The number of hydrogen-bond acceptors (Lipinski definition) is 0. The minimum absolute atomic E-state index is 0.751. The fraction of sp³-hybridized carbons (Fsp3) is 0.923. The Morgan fingerprint density at radius 3 is 1.18 bits per heavy atom. The average Bonchev–Trinajstić information content (AvgIpc) is 1.66. The van der Waals surface area contributed by atoms with Gasteiger partial charge in [0.25, 0.3) is 0 Å². The third kappa shape index (κ3) is 6.77. The van der Waals surface area contributed by atoms with Crippen LogP contribution in [0.25, 0.3) is 0 Å². The molecule has 4 heteroatoms. The Hall–Kier alpha value is 1.93. The topological polar surface area (TPSA) is 0 Å². The standard InChI is InChI=1S/C13H35Ge3P/c1-14(2,3)12-17(10,11)13(15(4,5)6)16(7,8)9/h12H2,1-11H3. The van der Waals surface area contributed by atoms with Crippen molar-refractivity contribution in [1.29, 1.82) is 0 Å². The zero-order chi connectivity index (χ0) is 14.3. The fourth-order valence-electron chi connectivity index (χ4n) is 4.21. The summed E-state index contributed by atoms with van der Waals surface area (Å²) >= 11 is -4.63. The maximum absolute atomic E-state index is 2.67. The Morgan fingerprint density at radius 2 is 1.00 bits per heavy atom. The van der Waals surface area contributed by atoms with Gasteiger partial charge in [0.1, 0.15) is 0 Å². The van der Waals surface area contributed by atoms with E-state index in [0.717, 1.165) is 0 Å². The first-order chi connectivity index (χ1) is 7.07. The molecule has 0 aliphatic heterocycles. The van der Waals surface area contributed by atoms with Gasteiger partial charge >= 0.3 is 120 Å². The van der Waals surface area contributed by atoms with E-state index < -0.39 is 46.7 Å². The molecule has 0 aromatic carbocycles. The molecule has 0 aliphatic carbocycles. The van der Waals surface area contributed by atoms with Crippen molar-refractivity contribution in [3.8, 4) is 0 Å². The van der Waals surface area contributed by atoms with E-state index in [1.807, 2.05) is 0 Å².